The molecule has 1 N–H and O–H groups in total. The van der Waals surface area contributed by atoms with Crippen molar-refractivity contribution < 1.29 is 23.8 Å². The molecular weight excluding hydrogens is 272 g/mol. The molecule has 21 heavy (non-hydrogen) atoms. The van der Waals surface area contributed by atoms with Crippen LogP contribution in [0.25, 0.3) is 0 Å². The van der Waals surface area contributed by atoms with Crippen LogP contribution in [0.1, 0.15) is 64.1 Å². The number of esters is 1. The second-order valence-electron chi connectivity index (χ2n) is 5.24. The Bertz CT molecular complexity index is 463. The number of carbonyl (C=O) groups excluding carboxylic acids is 2. The smallest absolute Gasteiger partial charge is 0.303 e. The summed E-state index contributed by atoms with van der Waals surface area (Å²) in [6.07, 6.45) is 2.43. The van der Waals surface area contributed by atoms with Crippen LogP contribution in [0.5, 0.6) is 0 Å². The predicted octanol–water partition coefficient (Wildman–Crippen LogP) is 3.16. The molecule has 1 aromatic heterocycles. The van der Waals surface area contributed by atoms with E-state index in [1.807, 2.05) is 0 Å². The van der Waals surface area contributed by atoms with Crippen LogP contribution in [0.2, 0.25) is 0 Å². The number of carbonyl (C=O) groups is 2. The van der Waals surface area contributed by atoms with Crippen LogP contribution in [0.4, 0.5) is 0 Å². The van der Waals surface area contributed by atoms with E-state index in [-0.39, 0.29) is 12.4 Å². The van der Waals surface area contributed by atoms with Crippen LogP contribution < -0.4 is 0 Å². The Hall–Kier alpha value is -1.62. The molecule has 0 fully saturated rings. The Morgan fingerprint density at radius 1 is 1.33 bits per heavy atom. The summed E-state index contributed by atoms with van der Waals surface area (Å²) in [4.78, 5) is 22.7. The maximum atomic E-state index is 12.0. The zero-order chi connectivity index (χ0) is 15.8. The summed E-state index contributed by atoms with van der Waals surface area (Å²) < 4.78 is 10.2. The lowest BCUT2D eigenvalue weighted by Gasteiger charge is -2.15. The molecule has 0 aromatic carbocycles. The first-order valence-corrected chi connectivity index (χ1v) is 7.38. The van der Waals surface area contributed by atoms with Gasteiger partial charge in [-0.05, 0) is 18.6 Å². The number of hydrogen-bond donors (Lipinski definition) is 1. The zero-order valence-corrected chi connectivity index (χ0v) is 12.9. The van der Waals surface area contributed by atoms with Gasteiger partial charge < -0.3 is 14.3 Å². The van der Waals surface area contributed by atoms with Gasteiger partial charge in [0.1, 0.15) is 30.0 Å². The molecule has 1 aromatic rings. The van der Waals surface area contributed by atoms with Crippen LogP contribution in [0.3, 0.4) is 0 Å². The molecule has 1 rings (SSSR count). The Kier molecular flexibility index (Phi) is 7.15. The van der Waals surface area contributed by atoms with Crippen LogP contribution >= 0.6 is 0 Å². The Labute approximate surface area is 125 Å². The maximum Gasteiger partial charge on any atom is 0.303 e. The third kappa shape index (κ3) is 5.71. The number of unbranched alkanes of at least 4 members (excludes halogenated alkanes) is 2. The minimum Gasteiger partial charge on any atom is -0.460 e. The Balaban J connectivity index is 2.55. The third-order valence-electron chi connectivity index (χ3n) is 3.40. The molecule has 0 spiro atoms. The largest absolute Gasteiger partial charge is 0.460 e. The molecule has 0 saturated heterocycles. The van der Waals surface area contributed by atoms with Gasteiger partial charge in [-0.3, -0.25) is 9.59 Å². The van der Waals surface area contributed by atoms with Crippen LogP contribution in [0.15, 0.2) is 16.5 Å². The van der Waals surface area contributed by atoms with Gasteiger partial charge in [-0.25, -0.2) is 0 Å². The topological polar surface area (TPSA) is 76.7 Å². The molecule has 0 bridgehead atoms. The highest BCUT2D eigenvalue weighted by atomic mass is 16.5. The first kappa shape index (κ1) is 17.4. The third-order valence-corrected chi connectivity index (χ3v) is 3.40. The van der Waals surface area contributed by atoms with Crippen molar-refractivity contribution in [3.05, 3.63) is 23.7 Å². The lowest BCUT2D eigenvalue weighted by molar-refractivity contribution is -0.142. The molecule has 118 valence electrons. The van der Waals surface area contributed by atoms with E-state index in [9.17, 15) is 14.7 Å². The first-order chi connectivity index (χ1) is 9.95. The van der Waals surface area contributed by atoms with Gasteiger partial charge >= 0.3 is 5.97 Å². The van der Waals surface area contributed by atoms with Gasteiger partial charge in [0, 0.05) is 19.3 Å². The van der Waals surface area contributed by atoms with Gasteiger partial charge in [0.25, 0.3) is 0 Å². The average molecular weight is 296 g/mol. The maximum absolute atomic E-state index is 12.0. The lowest BCUT2D eigenvalue weighted by atomic mass is 9.94. The van der Waals surface area contributed by atoms with Crippen molar-refractivity contribution in [3.63, 3.8) is 0 Å². The standard InChI is InChI=1S/C16H24O5/c1-4-5-6-7-14(18)11(2)16(19)15-9-8-13(21-15)10-20-12(3)17/h8-9,11,16,19H,4-7,10H2,1-3H3. The monoisotopic (exact) mass is 296 g/mol. The second kappa shape index (κ2) is 8.62. The van der Waals surface area contributed by atoms with E-state index in [0.717, 1.165) is 19.3 Å². The molecule has 2 unspecified atom stereocenters. The molecule has 0 aliphatic heterocycles. The molecule has 0 saturated carbocycles. The van der Waals surface area contributed by atoms with Crippen molar-refractivity contribution in [2.24, 2.45) is 5.92 Å². The summed E-state index contributed by atoms with van der Waals surface area (Å²) in [6.45, 7) is 5.13. The summed E-state index contributed by atoms with van der Waals surface area (Å²) in [5, 5.41) is 10.2. The number of rotatable bonds is 9. The molecular formula is C16H24O5. The van der Waals surface area contributed by atoms with E-state index in [4.69, 9.17) is 9.15 Å². The van der Waals surface area contributed by atoms with Crippen molar-refractivity contribution >= 4 is 11.8 Å². The van der Waals surface area contributed by atoms with Crippen molar-refractivity contribution in [3.8, 4) is 0 Å². The summed E-state index contributed by atoms with van der Waals surface area (Å²) in [7, 11) is 0. The highest BCUT2D eigenvalue weighted by Crippen LogP contribution is 2.26. The summed E-state index contributed by atoms with van der Waals surface area (Å²) in [5.74, 6) is -0.0881. The minimum absolute atomic E-state index is 0.0287. The predicted molar refractivity (Wildman–Crippen MR) is 77.5 cm³/mol. The number of ketones is 1. The van der Waals surface area contributed by atoms with Crippen molar-refractivity contribution in [2.75, 3.05) is 0 Å². The van der Waals surface area contributed by atoms with Crippen molar-refractivity contribution in [2.45, 2.75) is 59.2 Å². The summed E-state index contributed by atoms with van der Waals surface area (Å²) in [6, 6.07) is 3.25. The van der Waals surface area contributed by atoms with Gasteiger partial charge in [-0.2, -0.15) is 0 Å². The van der Waals surface area contributed by atoms with Crippen molar-refractivity contribution in [1.29, 1.82) is 0 Å². The zero-order valence-electron chi connectivity index (χ0n) is 12.9. The average Bonchev–Trinajstić information content (AvgIpc) is 2.92. The molecule has 0 aliphatic rings. The molecule has 0 radical (unpaired) electrons. The number of ether oxygens (including phenoxy) is 1. The SMILES string of the molecule is CCCCCC(=O)C(C)C(O)c1ccc(COC(C)=O)o1. The van der Waals surface area contributed by atoms with Gasteiger partial charge in [-0.15, -0.1) is 0 Å². The molecule has 5 heteroatoms. The van der Waals surface area contributed by atoms with E-state index < -0.39 is 18.0 Å². The quantitative estimate of drug-likeness (QED) is 0.559. The van der Waals surface area contributed by atoms with Gasteiger partial charge in [-0.1, -0.05) is 26.7 Å². The van der Waals surface area contributed by atoms with E-state index >= 15 is 0 Å². The molecule has 0 aliphatic carbocycles. The normalized spacial score (nSPS) is 13.7. The number of Topliss-reactive ketones (excluding diaryl/α,β-unsaturated/α-hetero) is 1. The fraction of sp³-hybridized carbons (Fsp3) is 0.625. The van der Waals surface area contributed by atoms with E-state index in [0.29, 0.717) is 17.9 Å². The molecule has 2 atom stereocenters. The number of hydrogen-bond acceptors (Lipinski definition) is 5. The molecule has 5 nitrogen and oxygen atoms in total. The van der Waals surface area contributed by atoms with Gasteiger partial charge in [0.2, 0.25) is 0 Å². The van der Waals surface area contributed by atoms with Gasteiger partial charge in [0.15, 0.2) is 0 Å². The Morgan fingerprint density at radius 2 is 2.05 bits per heavy atom. The first-order valence-electron chi connectivity index (χ1n) is 7.38. The van der Waals surface area contributed by atoms with Crippen LogP contribution in [0, 0.1) is 5.92 Å². The minimum atomic E-state index is -0.967. The number of furan rings is 1. The van der Waals surface area contributed by atoms with E-state index in [1.165, 1.54) is 6.92 Å². The molecule has 1 heterocycles. The highest BCUT2D eigenvalue weighted by Gasteiger charge is 2.25. The Morgan fingerprint density at radius 3 is 2.67 bits per heavy atom. The van der Waals surface area contributed by atoms with E-state index in [2.05, 4.69) is 6.92 Å². The van der Waals surface area contributed by atoms with E-state index in [1.54, 1.807) is 19.1 Å². The summed E-state index contributed by atoms with van der Waals surface area (Å²) >= 11 is 0. The fourth-order valence-corrected chi connectivity index (χ4v) is 2.00. The van der Waals surface area contributed by atoms with Crippen LogP contribution in [-0.2, 0) is 20.9 Å². The lowest BCUT2D eigenvalue weighted by Crippen LogP contribution is -2.18. The van der Waals surface area contributed by atoms with Gasteiger partial charge in [0.05, 0.1) is 0 Å². The molecule has 0 amide bonds. The highest BCUT2D eigenvalue weighted by molar-refractivity contribution is 5.81. The van der Waals surface area contributed by atoms with Crippen molar-refractivity contribution in [1.82, 2.24) is 0 Å². The summed E-state index contributed by atoms with van der Waals surface area (Å²) in [5.41, 5.74) is 0. The van der Waals surface area contributed by atoms with Crippen LogP contribution in [-0.4, -0.2) is 16.9 Å². The fourth-order valence-electron chi connectivity index (χ4n) is 2.00. The second-order valence-corrected chi connectivity index (χ2v) is 5.24. The number of aliphatic hydroxyl groups is 1. The number of aliphatic hydroxyl groups excluding tert-OH is 1.